The molecule has 1 N–H and O–H groups in total. The maximum atomic E-state index is 12.1. The number of carbonyl (C=O) groups excluding carboxylic acids is 1. The Hall–Kier alpha value is -2.54. The van der Waals surface area contributed by atoms with Crippen molar-refractivity contribution in [2.24, 2.45) is 5.10 Å². The Bertz CT molecular complexity index is 643. The van der Waals surface area contributed by atoms with Crippen LogP contribution in [-0.2, 0) is 0 Å². The quantitative estimate of drug-likeness (QED) is 0.656. The number of methoxy groups -OCH3 is 3. The van der Waals surface area contributed by atoms with Crippen LogP contribution in [0.1, 0.15) is 15.9 Å². The first-order valence-corrected chi connectivity index (χ1v) is 7.29. The van der Waals surface area contributed by atoms with Crippen LogP contribution in [0.25, 0.3) is 0 Å². The van der Waals surface area contributed by atoms with Crippen LogP contribution in [-0.4, -0.2) is 33.5 Å². The monoisotopic (exact) mass is 320 g/mol. The van der Waals surface area contributed by atoms with Crippen LogP contribution in [0.5, 0.6) is 17.2 Å². The molecule has 0 aliphatic rings. The molecule has 0 unspecified atom stereocenters. The Morgan fingerprint density at radius 1 is 1.18 bits per heavy atom. The van der Waals surface area contributed by atoms with Crippen LogP contribution in [0.4, 0.5) is 0 Å². The number of carbonyl (C=O) groups is 1. The summed E-state index contributed by atoms with van der Waals surface area (Å²) in [6.45, 7) is 0. The van der Waals surface area contributed by atoms with Crippen molar-refractivity contribution >= 4 is 23.5 Å². The molecule has 7 heteroatoms. The highest BCUT2D eigenvalue weighted by atomic mass is 32.1. The van der Waals surface area contributed by atoms with Crippen molar-refractivity contribution in [1.29, 1.82) is 0 Å². The van der Waals surface area contributed by atoms with Crippen molar-refractivity contribution in [1.82, 2.24) is 5.43 Å². The summed E-state index contributed by atoms with van der Waals surface area (Å²) in [6, 6.07) is 5.04. The second-order valence-corrected chi connectivity index (χ2v) is 4.95. The molecule has 1 aromatic carbocycles. The summed E-state index contributed by atoms with van der Waals surface area (Å²) in [5.74, 6) is 0.886. The lowest BCUT2D eigenvalue weighted by atomic mass is 10.1. The van der Waals surface area contributed by atoms with E-state index in [1.807, 2.05) is 16.8 Å². The van der Waals surface area contributed by atoms with Crippen LogP contribution in [0, 0.1) is 0 Å². The topological polar surface area (TPSA) is 69.2 Å². The maximum absolute atomic E-state index is 12.1. The number of hydrogen-bond donors (Lipinski definition) is 1. The molecule has 0 atom stereocenters. The van der Waals surface area contributed by atoms with Crippen molar-refractivity contribution in [3.63, 3.8) is 0 Å². The van der Waals surface area contributed by atoms with E-state index in [2.05, 4.69) is 10.5 Å². The number of nitrogens with zero attached hydrogens (tertiary/aromatic N) is 1. The van der Waals surface area contributed by atoms with Gasteiger partial charge in [-0.1, -0.05) is 0 Å². The fourth-order valence-electron chi connectivity index (χ4n) is 1.79. The van der Waals surface area contributed by atoms with Gasteiger partial charge in [0.05, 0.1) is 27.5 Å². The minimum atomic E-state index is -0.370. The Morgan fingerprint density at radius 3 is 2.36 bits per heavy atom. The van der Waals surface area contributed by atoms with E-state index >= 15 is 0 Å². The molecule has 0 aliphatic heterocycles. The van der Waals surface area contributed by atoms with Crippen LogP contribution in [0.15, 0.2) is 34.1 Å². The van der Waals surface area contributed by atoms with Gasteiger partial charge in [0.1, 0.15) is 0 Å². The third-order valence-corrected chi connectivity index (χ3v) is 3.55. The summed E-state index contributed by atoms with van der Waals surface area (Å²) >= 11 is 1.56. The molecule has 0 radical (unpaired) electrons. The summed E-state index contributed by atoms with van der Waals surface area (Å²) in [5, 5.41) is 7.77. The number of nitrogens with one attached hydrogen (secondary N) is 1. The number of amides is 1. The lowest BCUT2D eigenvalue weighted by Gasteiger charge is -2.13. The third-order valence-electron chi connectivity index (χ3n) is 2.85. The lowest BCUT2D eigenvalue weighted by Crippen LogP contribution is -2.17. The predicted molar refractivity (Wildman–Crippen MR) is 85.5 cm³/mol. The van der Waals surface area contributed by atoms with Crippen LogP contribution >= 0.6 is 11.3 Å². The van der Waals surface area contributed by atoms with Gasteiger partial charge in [-0.2, -0.15) is 16.4 Å². The molecule has 22 heavy (non-hydrogen) atoms. The summed E-state index contributed by atoms with van der Waals surface area (Å²) in [7, 11) is 4.49. The predicted octanol–water partition coefficient (Wildman–Crippen LogP) is 2.54. The first-order chi connectivity index (χ1) is 10.7. The number of ether oxygens (including phenoxy) is 3. The van der Waals surface area contributed by atoms with Gasteiger partial charge >= 0.3 is 0 Å². The molecule has 2 rings (SSSR count). The zero-order chi connectivity index (χ0) is 15.9. The molecule has 1 heterocycles. The molecular weight excluding hydrogens is 304 g/mol. The number of thiophene rings is 1. The Kier molecular flexibility index (Phi) is 5.37. The average Bonchev–Trinajstić information content (AvgIpc) is 3.06. The van der Waals surface area contributed by atoms with E-state index in [0.717, 1.165) is 5.56 Å². The van der Waals surface area contributed by atoms with E-state index in [1.165, 1.54) is 21.3 Å². The van der Waals surface area contributed by atoms with Gasteiger partial charge in [-0.3, -0.25) is 4.79 Å². The molecule has 0 fully saturated rings. The van der Waals surface area contributed by atoms with Crippen molar-refractivity contribution in [2.75, 3.05) is 21.3 Å². The largest absolute Gasteiger partial charge is 0.493 e. The number of hydrogen-bond acceptors (Lipinski definition) is 6. The van der Waals surface area contributed by atoms with Gasteiger partial charge < -0.3 is 14.2 Å². The molecule has 2 aromatic rings. The van der Waals surface area contributed by atoms with Crippen molar-refractivity contribution < 1.29 is 19.0 Å². The highest BCUT2D eigenvalue weighted by Crippen LogP contribution is 2.38. The molecule has 116 valence electrons. The minimum Gasteiger partial charge on any atom is -0.493 e. The van der Waals surface area contributed by atoms with Crippen molar-refractivity contribution in [2.45, 2.75) is 0 Å². The smallest absolute Gasteiger partial charge is 0.271 e. The number of benzene rings is 1. The Labute approximate surface area is 132 Å². The van der Waals surface area contributed by atoms with E-state index in [9.17, 15) is 4.79 Å². The van der Waals surface area contributed by atoms with Gasteiger partial charge in [-0.15, -0.1) is 0 Å². The third kappa shape index (κ3) is 3.56. The second-order valence-electron chi connectivity index (χ2n) is 4.17. The molecule has 1 amide bonds. The van der Waals surface area contributed by atoms with Crippen molar-refractivity contribution in [3.8, 4) is 17.2 Å². The molecular formula is C15H16N2O4S. The van der Waals surface area contributed by atoms with Gasteiger partial charge in [0.25, 0.3) is 5.91 Å². The summed E-state index contributed by atoms with van der Waals surface area (Å²) in [6.07, 6.45) is 1.58. The maximum Gasteiger partial charge on any atom is 0.271 e. The van der Waals surface area contributed by atoms with E-state index in [1.54, 1.807) is 29.7 Å². The molecule has 6 nitrogen and oxygen atoms in total. The Morgan fingerprint density at radius 2 is 1.86 bits per heavy atom. The first-order valence-electron chi connectivity index (χ1n) is 6.35. The highest BCUT2D eigenvalue weighted by molar-refractivity contribution is 7.08. The van der Waals surface area contributed by atoms with Crippen LogP contribution in [0.3, 0.4) is 0 Å². The average molecular weight is 320 g/mol. The zero-order valence-electron chi connectivity index (χ0n) is 12.5. The van der Waals surface area contributed by atoms with Gasteiger partial charge in [-0.05, 0) is 29.0 Å². The van der Waals surface area contributed by atoms with Gasteiger partial charge in [-0.25, -0.2) is 5.43 Å². The number of hydrazone groups is 1. The normalized spacial score (nSPS) is 10.5. The molecule has 0 saturated heterocycles. The van der Waals surface area contributed by atoms with E-state index < -0.39 is 0 Å². The van der Waals surface area contributed by atoms with Gasteiger partial charge in [0.2, 0.25) is 5.75 Å². The SMILES string of the molecule is COc1cc(C(=O)NN=Cc2ccsc2)cc(OC)c1OC. The number of rotatable bonds is 6. The molecule has 0 bridgehead atoms. The van der Waals surface area contributed by atoms with Crippen LogP contribution < -0.4 is 19.6 Å². The molecule has 1 aromatic heterocycles. The first kappa shape index (κ1) is 15.8. The van der Waals surface area contributed by atoms with Gasteiger partial charge in [0.15, 0.2) is 11.5 Å². The molecule has 0 aliphatic carbocycles. The second kappa shape index (κ2) is 7.46. The fraction of sp³-hybridized carbons (Fsp3) is 0.200. The Balaban J connectivity index is 2.18. The summed E-state index contributed by atoms with van der Waals surface area (Å²) in [4.78, 5) is 12.1. The van der Waals surface area contributed by atoms with Gasteiger partial charge in [0, 0.05) is 11.1 Å². The van der Waals surface area contributed by atoms with E-state index in [4.69, 9.17) is 14.2 Å². The summed E-state index contributed by atoms with van der Waals surface area (Å²) < 4.78 is 15.6. The van der Waals surface area contributed by atoms with Crippen molar-refractivity contribution in [3.05, 3.63) is 40.1 Å². The highest BCUT2D eigenvalue weighted by Gasteiger charge is 2.16. The zero-order valence-corrected chi connectivity index (χ0v) is 13.3. The van der Waals surface area contributed by atoms with E-state index in [-0.39, 0.29) is 5.91 Å². The standard InChI is InChI=1S/C15H16N2O4S/c1-19-12-6-11(7-13(20-2)14(12)21-3)15(18)17-16-8-10-4-5-22-9-10/h4-9H,1-3H3,(H,17,18). The van der Waals surface area contributed by atoms with E-state index in [0.29, 0.717) is 22.8 Å². The molecule has 0 saturated carbocycles. The minimum absolute atomic E-state index is 0.358. The fourth-order valence-corrected chi connectivity index (χ4v) is 2.40. The van der Waals surface area contributed by atoms with Crippen LogP contribution in [0.2, 0.25) is 0 Å². The lowest BCUT2D eigenvalue weighted by molar-refractivity contribution is 0.0954. The summed E-state index contributed by atoms with van der Waals surface area (Å²) in [5.41, 5.74) is 3.74. The molecule has 0 spiro atoms.